The van der Waals surface area contributed by atoms with Crippen LogP contribution < -0.4 is 0 Å². The number of ketones is 1. The van der Waals surface area contributed by atoms with Crippen LogP contribution in [0.3, 0.4) is 0 Å². The summed E-state index contributed by atoms with van der Waals surface area (Å²) in [6.45, 7) is 2.09. The van der Waals surface area contributed by atoms with Crippen LogP contribution in [0.15, 0.2) is 42.5 Å². The number of halogens is 1. The average molecular weight is 277 g/mol. The van der Waals surface area contributed by atoms with E-state index in [9.17, 15) is 4.79 Å². The average Bonchev–Trinajstić information content (AvgIpc) is 2.86. The third-order valence-electron chi connectivity index (χ3n) is 2.55. The lowest BCUT2D eigenvalue weighted by atomic mass is 10.2. The molecule has 18 heavy (non-hydrogen) atoms. The summed E-state index contributed by atoms with van der Waals surface area (Å²) in [7, 11) is 0. The Morgan fingerprint density at radius 3 is 2.56 bits per heavy atom. The molecule has 0 fully saturated rings. The van der Waals surface area contributed by atoms with E-state index in [-0.39, 0.29) is 5.78 Å². The maximum absolute atomic E-state index is 11.9. The monoisotopic (exact) mass is 276 g/mol. The largest absolute Gasteiger partial charge is 0.288 e. The van der Waals surface area contributed by atoms with E-state index in [1.165, 1.54) is 4.88 Å². The fourth-order valence-corrected chi connectivity index (χ4v) is 2.52. The molecule has 0 saturated carbocycles. The van der Waals surface area contributed by atoms with Crippen LogP contribution in [0.5, 0.6) is 0 Å². The summed E-state index contributed by atoms with van der Waals surface area (Å²) < 4.78 is 0. The summed E-state index contributed by atoms with van der Waals surface area (Å²) >= 11 is 7.36. The number of thiophene rings is 1. The highest BCUT2D eigenvalue weighted by molar-refractivity contribution is 7.14. The summed E-state index contributed by atoms with van der Waals surface area (Å²) in [5, 5.41) is 0.698. The Kier molecular flexibility index (Phi) is 4.34. The van der Waals surface area contributed by atoms with Gasteiger partial charge in [-0.25, -0.2) is 0 Å². The minimum Gasteiger partial charge on any atom is -0.288 e. The van der Waals surface area contributed by atoms with E-state index in [1.54, 1.807) is 17.4 Å². The van der Waals surface area contributed by atoms with Crippen molar-refractivity contribution in [1.29, 1.82) is 0 Å². The molecule has 0 radical (unpaired) electrons. The van der Waals surface area contributed by atoms with Gasteiger partial charge in [-0.1, -0.05) is 36.7 Å². The molecule has 2 rings (SSSR count). The van der Waals surface area contributed by atoms with Crippen LogP contribution in [0.25, 0.3) is 6.08 Å². The first kappa shape index (κ1) is 13.1. The molecule has 0 spiro atoms. The van der Waals surface area contributed by atoms with Crippen LogP contribution in [0, 0.1) is 0 Å². The van der Waals surface area contributed by atoms with Crippen LogP contribution >= 0.6 is 22.9 Å². The zero-order valence-electron chi connectivity index (χ0n) is 10.0. The number of benzene rings is 1. The molecule has 0 bridgehead atoms. The van der Waals surface area contributed by atoms with Gasteiger partial charge in [0.05, 0.1) is 4.88 Å². The Bertz CT molecular complexity index is 566. The molecular weight excluding hydrogens is 264 g/mol. The predicted octanol–water partition coefficient (Wildman–Crippen LogP) is 4.86. The number of hydrogen-bond acceptors (Lipinski definition) is 2. The fraction of sp³-hybridized carbons (Fsp3) is 0.133. The Labute approximate surface area is 116 Å². The molecule has 0 amide bonds. The van der Waals surface area contributed by atoms with Gasteiger partial charge in [0.15, 0.2) is 5.78 Å². The van der Waals surface area contributed by atoms with Crippen LogP contribution in [-0.2, 0) is 6.42 Å². The summed E-state index contributed by atoms with van der Waals surface area (Å²) in [4.78, 5) is 13.9. The first-order chi connectivity index (χ1) is 8.69. The maximum Gasteiger partial charge on any atom is 0.195 e. The zero-order valence-corrected chi connectivity index (χ0v) is 11.6. The third-order valence-corrected chi connectivity index (χ3v) is 4.05. The summed E-state index contributed by atoms with van der Waals surface area (Å²) in [6, 6.07) is 11.3. The summed E-state index contributed by atoms with van der Waals surface area (Å²) in [5.41, 5.74) is 0.972. The van der Waals surface area contributed by atoms with Gasteiger partial charge in [-0.15, -0.1) is 11.3 Å². The van der Waals surface area contributed by atoms with Crippen LogP contribution in [0.1, 0.15) is 27.0 Å². The van der Waals surface area contributed by atoms with Gasteiger partial charge < -0.3 is 0 Å². The standard InChI is InChI=1S/C15H13ClOS/c1-2-13-8-10-15(18-13)14(17)9-5-11-3-6-12(16)7-4-11/h3-10H,2H2,1H3. The van der Waals surface area contributed by atoms with Gasteiger partial charge in [0.2, 0.25) is 0 Å². The van der Waals surface area contributed by atoms with Crippen molar-refractivity contribution in [2.75, 3.05) is 0 Å². The van der Waals surface area contributed by atoms with Gasteiger partial charge in [-0.05, 0) is 42.3 Å². The van der Waals surface area contributed by atoms with Crippen LogP contribution in [0.4, 0.5) is 0 Å². The van der Waals surface area contributed by atoms with E-state index in [2.05, 4.69) is 6.92 Å². The highest BCUT2D eigenvalue weighted by Crippen LogP contribution is 2.18. The zero-order chi connectivity index (χ0) is 13.0. The molecule has 1 heterocycles. The highest BCUT2D eigenvalue weighted by atomic mass is 35.5. The van der Waals surface area contributed by atoms with E-state index in [4.69, 9.17) is 11.6 Å². The first-order valence-corrected chi connectivity index (χ1v) is 6.95. The lowest BCUT2D eigenvalue weighted by molar-refractivity contribution is 0.105. The van der Waals surface area contributed by atoms with Crippen molar-refractivity contribution in [2.24, 2.45) is 0 Å². The number of allylic oxidation sites excluding steroid dienone is 1. The van der Waals surface area contributed by atoms with Crippen LogP contribution in [0.2, 0.25) is 5.02 Å². The molecule has 0 aliphatic carbocycles. The van der Waals surface area contributed by atoms with Crippen molar-refractivity contribution in [3.8, 4) is 0 Å². The molecule has 0 N–H and O–H groups in total. The molecule has 3 heteroatoms. The molecule has 0 unspecified atom stereocenters. The number of carbonyl (C=O) groups is 1. The Morgan fingerprint density at radius 2 is 1.94 bits per heavy atom. The third kappa shape index (κ3) is 3.31. The molecule has 0 aliphatic heterocycles. The van der Waals surface area contributed by atoms with E-state index < -0.39 is 0 Å². The minimum atomic E-state index is 0.0506. The molecule has 1 nitrogen and oxygen atoms in total. The second kappa shape index (κ2) is 5.98. The fourth-order valence-electron chi connectivity index (χ4n) is 1.53. The van der Waals surface area contributed by atoms with E-state index in [1.807, 2.05) is 42.5 Å². The quantitative estimate of drug-likeness (QED) is 0.576. The SMILES string of the molecule is CCc1ccc(C(=O)C=Cc2ccc(Cl)cc2)s1. The van der Waals surface area contributed by atoms with Crippen molar-refractivity contribution < 1.29 is 4.79 Å². The van der Waals surface area contributed by atoms with Crippen LogP contribution in [-0.4, -0.2) is 5.78 Å². The predicted molar refractivity (Wildman–Crippen MR) is 78.5 cm³/mol. The van der Waals surface area contributed by atoms with Crippen molar-refractivity contribution in [3.05, 3.63) is 62.8 Å². The topological polar surface area (TPSA) is 17.1 Å². The van der Waals surface area contributed by atoms with Gasteiger partial charge in [0.1, 0.15) is 0 Å². The molecule has 92 valence electrons. The number of rotatable bonds is 4. The molecule has 0 atom stereocenters. The molecule has 0 aliphatic rings. The van der Waals surface area contributed by atoms with E-state index in [0.717, 1.165) is 16.9 Å². The van der Waals surface area contributed by atoms with Gasteiger partial charge in [0.25, 0.3) is 0 Å². The lowest BCUT2D eigenvalue weighted by Crippen LogP contribution is -1.88. The van der Waals surface area contributed by atoms with Gasteiger partial charge in [-0.3, -0.25) is 4.79 Å². The highest BCUT2D eigenvalue weighted by Gasteiger charge is 2.04. The summed E-state index contributed by atoms with van der Waals surface area (Å²) in [6.07, 6.45) is 4.39. The van der Waals surface area contributed by atoms with Crippen molar-refractivity contribution in [2.45, 2.75) is 13.3 Å². The van der Waals surface area contributed by atoms with Crippen molar-refractivity contribution in [3.63, 3.8) is 0 Å². The Morgan fingerprint density at radius 1 is 1.22 bits per heavy atom. The maximum atomic E-state index is 11.9. The summed E-state index contributed by atoms with van der Waals surface area (Å²) in [5.74, 6) is 0.0506. The number of aryl methyl sites for hydroxylation is 1. The van der Waals surface area contributed by atoms with Gasteiger partial charge >= 0.3 is 0 Å². The minimum absolute atomic E-state index is 0.0506. The number of carbonyl (C=O) groups excluding carboxylic acids is 1. The lowest BCUT2D eigenvalue weighted by Gasteiger charge is -1.93. The van der Waals surface area contributed by atoms with E-state index in [0.29, 0.717) is 5.02 Å². The second-order valence-electron chi connectivity index (χ2n) is 3.87. The molecular formula is C15H13ClOS. The number of hydrogen-bond donors (Lipinski definition) is 0. The van der Waals surface area contributed by atoms with E-state index >= 15 is 0 Å². The Balaban J connectivity index is 2.09. The molecule has 1 aromatic carbocycles. The normalized spacial score (nSPS) is 11.0. The molecule has 1 aromatic heterocycles. The first-order valence-electron chi connectivity index (χ1n) is 5.75. The smallest absolute Gasteiger partial charge is 0.195 e. The molecule has 2 aromatic rings. The van der Waals surface area contributed by atoms with Gasteiger partial charge in [-0.2, -0.15) is 0 Å². The van der Waals surface area contributed by atoms with Crippen molar-refractivity contribution >= 4 is 34.8 Å². The van der Waals surface area contributed by atoms with Gasteiger partial charge in [0, 0.05) is 9.90 Å². The molecule has 0 saturated heterocycles. The Hall–Kier alpha value is -1.38. The van der Waals surface area contributed by atoms with Crippen molar-refractivity contribution in [1.82, 2.24) is 0 Å². The second-order valence-corrected chi connectivity index (χ2v) is 5.47.